The number of hydrogen-bond donors (Lipinski definition) is 0. The van der Waals surface area contributed by atoms with Crippen LogP contribution in [0, 0.1) is 23.2 Å². The molecular weight excluding hydrogens is 378 g/mol. The van der Waals surface area contributed by atoms with E-state index in [1.54, 1.807) is 11.3 Å². The molecule has 5 fully saturated rings. The van der Waals surface area contributed by atoms with E-state index in [0.29, 0.717) is 19.4 Å². The van der Waals surface area contributed by atoms with E-state index < -0.39 is 9.84 Å². The van der Waals surface area contributed by atoms with Gasteiger partial charge in [-0.2, -0.15) is 0 Å². The molecule has 2 heterocycles. The van der Waals surface area contributed by atoms with E-state index in [-0.39, 0.29) is 28.9 Å². The van der Waals surface area contributed by atoms with E-state index in [1.807, 2.05) is 16.3 Å². The van der Waals surface area contributed by atoms with E-state index in [9.17, 15) is 13.2 Å². The molecule has 1 aromatic rings. The van der Waals surface area contributed by atoms with Gasteiger partial charge in [-0.25, -0.2) is 8.42 Å². The van der Waals surface area contributed by atoms with Crippen LogP contribution in [0.3, 0.4) is 0 Å². The Kier molecular flexibility index (Phi) is 4.43. The Morgan fingerprint density at radius 1 is 1.15 bits per heavy atom. The summed E-state index contributed by atoms with van der Waals surface area (Å²) in [5, 5.41) is 2.03. The van der Waals surface area contributed by atoms with Gasteiger partial charge in [-0.1, -0.05) is 6.07 Å². The summed E-state index contributed by atoms with van der Waals surface area (Å²) in [7, 11) is -3.00. The minimum absolute atomic E-state index is 0.140. The molecular formula is C21H29NO3S2. The molecule has 0 spiro atoms. The zero-order chi connectivity index (χ0) is 18.6. The molecule has 4 aliphatic carbocycles. The number of thiophene rings is 1. The summed E-state index contributed by atoms with van der Waals surface area (Å²) < 4.78 is 24.1. The third-order valence-corrected chi connectivity index (χ3v) is 10.2. The first kappa shape index (κ1) is 18.2. The summed E-state index contributed by atoms with van der Waals surface area (Å²) in [5.41, 5.74) is 0.205. The number of rotatable bonds is 5. The van der Waals surface area contributed by atoms with Gasteiger partial charge in [0.2, 0.25) is 5.91 Å². The number of hydrogen-bond acceptors (Lipinski definition) is 4. The fourth-order valence-electron chi connectivity index (χ4n) is 6.94. The van der Waals surface area contributed by atoms with Crippen LogP contribution in [0.25, 0.3) is 0 Å². The highest BCUT2D eigenvalue weighted by Gasteiger charge is 2.52. The standard InChI is InChI=1S/C21H29NO3S2/c23-20(12-21-9-15-6-16(10-21)8-17(7-15)11-21)22(13-19-2-1-4-26-19)18-3-5-27(24,25)14-18/h1-2,4,15-18H,3,5-14H2/t15?,16?,17?,18-,21?/m0/s1. The molecule has 0 radical (unpaired) electrons. The molecule has 0 aromatic carbocycles. The molecule has 6 rings (SSSR count). The minimum atomic E-state index is -3.00. The molecule has 6 heteroatoms. The number of amides is 1. The highest BCUT2D eigenvalue weighted by Crippen LogP contribution is 2.61. The lowest BCUT2D eigenvalue weighted by Gasteiger charge is -2.57. The molecule has 4 bridgehead atoms. The lowest BCUT2D eigenvalue weighted by Crippen LogP contribution is -2.49. The molecule has 1 saturated heterocycles. The van der Waals surface area contributed by atoms with Crippen molar-refractivity contribution in [2.75, 3.05) is 11.5 Å². The van der Waals surface area contributed by atoms with Gasteiger partial charge in [0.1, 0.15) is 0 Å². The van der Waals surface area contributed by atoms with Gasteiger partial charge in [-0.05, 0) is 79.6 Å². The Balaban J connectivity index is 1.36. The zero-order valence-corrected chi connectivity index (χ0v) is 17.4. The van der Waals surface area contributed by atoms with Crippen molar-refractivity contribution in [2.45, 2.75) is 64.0 Å². The largest absolute Gasteiger partial charge is 0.334 e. The van der Waals surface area contributed by atoms with Gasteiger partial charge in [0.25, 0.3) is 0 Å². The van der Waals surface area contributed by atoms with Crippen molar-refractivity contribution in [3.8, 4) is 0 Å². The third kappa shape index (κ3) is 3.59. The smallest absolute Gasteiger partial charge is 0.223 e. The second-order valence-corrected chi connectivity index (χ2v) is 13.0. The van der Waals surface area contributed by atoms with Crippen LogP contribution in [0.4, 0.5) is 0 Å². The summed E-state index contributed by atoms with van der Waals surface area (Å²) in [5.74, 6) is 3.08. The average molecular weight is 408 g/mol. The Bertz CT molecular complexity index is 779. The summed E-state index contributed by atoms with van der Waals surface area (Å²) in [6.45, 7) is 0.572. The highest BCUT2D eigenvalue weighted by atomic mass is 32.2. The molecule has 0 unspecified atom stereocenters. The highest BCUT2D eigenvalue weighted by molar-refractivity contribution is 7.91. The van der Waals surface area contributed by atoms with Crippen molar-refractivity contribution < 1.29 is 13.2 Å². The predicted octanol–water partition coefficient (Wildman–Crippen LogP) is 3.87. The average Bonchev–Trinajstić information content (AvgIpc) is 3.19. The minimum Gasteiger partial charge on any atom is -0.334 e. The van der Waals surface area contributed by atoms with Crippen molar-refractivity contribution in [1.29, 1.82) is 0 Å². The van der Waals surface area contributed by atoms with Crippen LogP contribution in [0.1, 0.15) is 56.2 Å². The number of carbonyl (C=O) groups excluding carboxylic acids is 1. The fraction of sp³-hybridized carbons (Fsp3) is 0.762. The van der Waals surface area contributed by atoms with Crippen LogP contribution in [0.15, 0.2) is 17.5 Å². The molecule has 148 valence electrons. The maximum atomic E-state index is 13.5. The molecule has 1 atom stereocenters. The second kappa shape index (κ2) is 6.58. The first-order valence-corrected chi connectivity index (χ1v) is 13.1. The van der Waals surface area contributed by atoms with E-state index >= 15 is 0 Å². The summed E-state index contributed by atoms with van der Waals surface area (Å²) in [4.78, 5) is 16.6. The lowest BCUT2D eigenvalue weighted by molar-refractivity contribution is -0.142. The van der Waals surface area contributed by atoms with Gasteiger partial charge >= 0.3 is 0 Å². The zero-order valence-electron chi connectivity index (χ0n) is 15.8. The van der Waals surface area contributed by atoms with E-state index in [2.05, 4.69) is 6.07 Å². The SMILES string of the molecule is O=C(CC12CC3CC(CC(C3)C1)C2)N(Cc1cccs1)[C@H]1CCS(=O)(=O)C1. The number of sulfone groups is 1. The Morgan fingerprint density at radius 2 is 1.81 bits per heavy atom. The van der Waals surface area contributed by atoms with Crippen molar-refractivity contribution in [3.63, 3.8) is 0 Å². The lowest BCUT2D eigenvalue weighted by atomic mass is 9.49. The third-order valence-electron chi connectivity index (χ3n) is 7.57. The monoisotopic (exact) mass is 407 g/mol. The number of carbonyl (C=O) groups is 1. The Hall–Kier alpha value is -0.880. The fourth-order valence-corrected chi connectivity index (χ4v) is 9.37. The van der Waals surface area contributed by atoms with Crippen molar-refractivity contribution >= 4 is 27.1 Å². The summed E-state index contributed by atoms with van der Waals surface area (Å²) in [6.07, 6.45) is 9.05. The van der Waals surface area contributed by atoms with Gasteiger partial charge in [0, 0.05) is 17.3 Å². The van der Waals surface area contributed by atoms with Crippen LogP contribution in [0.5, 0.6) is 0 Å². The molecule has 4 nitrogen and oxygen atoms in total. The molecule has 27 heavy (non-hydrogen) atoms. The van der Waals surface area contributed by atoms with Gasteiger partial charge in [-0.15, -0.1) is 11.3 Å². The van der Waals surface area contributed by atoms with Crippen molar-refractivity contribution in [2.24, 2.45) is 23.2 Å². The normalized spacial score (nSPS) is 39.0. The first-order chi connectivity index (χ1) is 12.9. The maximum Gasteiger partial charge on any atom is 0.223 e. The van der Waals surface area contributed by atoms with Crippen LogP contribution in [-0.4, -0.2) is 36.8 Å². The van der Waals surface area contributed by atoms with Crippen LogP contribution in [-0.2, 0) is 21.2 Å². The molecule has 1 aliphatic heterocycles. The van der Waals surface area contributed by atoms with Gasteiger partial charge in [0.05, 0.1) is 18.1 Å². The van der Waals surface area contributed by atoms with Gasteiger partial charge in [0.15, 0.2) is 9.84 Å². The van der Waals surface area contributed by atoms with Gasteiger partial charge in [-0.3, -0.25) is 4.79 Å². The topological polar surface area (TPSA) is 54.5 Å². The summed E-state index contributed by atoms with van der Waals surface area (Å²) in [6, 6.07) is 3.92. The Labute approximate surface area is 166 Å². The van der Waals surface area contributed by atoms with Gasteiger partial charge < -0.3 is 4.90 Å². The Morgan fingerprint density at radius 3 is 2.33 bits per heavy atom. The molecule has 1 amide bonds. The quantitative estimate of drug-likeness (QED) is 0.744. The van der Waals surface area contributed by atoms with E-state index in [4.69, 9.17) is 0 Å². The van der Waals surface area contributed by atoms with E-state index in [0.717, 1.165) is 22.6 Å². The number of nitrogens with zero attached hydrogens (tertiary/aromatic N) is 1. The summed E-state index contributed by atoms with van der Waals surface area (Å²) >= 11 is 1.65. The molecule has 4 saturated carbocycles. The van der Waals surface area contributed by atoms with Crippen LogP contribution in [0.2, 0.25) is 0 Å². The first-order valence-electron chi connectivity index (χ1n) is 10.4. The maximum absolute atomic E-state index is 13.5. The van der Waals surface area contributed by atoms with Crippen molar-refractivity contribution in [3.05, 3.63) is 22.4 Å². The van der Waals surface area contributed by atoms with Crippen molar-refractivity contribution in [1.82, 2.24) is 4.90 Å². The molecule has 5 aliphatic rings. The molecule has 0 N–H and O–H groups in total. The predicted molar refractivity (Wildman–Crippen MR) is 107 cm³/mol. The van der Waals surface area contributed by atoms with Crippen LogP contribution >= 0.6 is 11.3 Å². The van der Waals surface area contributed by atoms with Crippen LogP contribution < -0.4 is 0 Å². The van der Waals surface area contributed by atoms with E-state index in [1.165, 1.54) is 38.5 Å². The molecule has 1 aromatic heterocycles. The second-order valence-electron chi connectivity index (χ2n) is 9.75.